The number of aromatic amines is 1. The highest BCUT2D eigenvalue weighted by Gasteiger charge is 2.33. The van der Waals surface area contributed by atoms with Crippen molar-refractivity contribution in [3.05, 3.63) is 41.0 Å². The number of pyridine rings is 1. The van der Waals surface area contributed by atoms with Crippen molar-refractivity contribution >= 4 is 33.4 Å². The summed E-state index contributed by atoms with van der Waals surface area (Å²) < 4.78 is 11.3. The summed E-state index contributed by atoms with van der Waals surface area (Å²) in [5.41, 5.74) is 4.87. The molecular formula is C19H16ClN3O2. The van der Waals surface area contributed by atoms with E-state index in [0.717, 1.165) is 63.0 Å². The van der Waals surface area contributed by atoms with Gasteiger partial charge in [0, 0.05) is 34.0 Å². The van der Waals surface area contributed by atoms with Crippen LogP contribution in [0.4, 0.5) is 0 Å². The molecule has 1 N–H and O–H groups in total. The summed E-state index contributed by atoms with van der Waals surface area (Å²) >= 11 is 6.32. The van der Waals surface area contributed by atoms with Crippen molar-refractivity contribution in [2.75, 3.05) is 7.11 Å². The molecule has 25 heavy (non-hydrogen) atoms. The minimum Gasteiger partial charge on any atom is -0.496 e. The third-order valence-electron chi connectivity index (χ3n) is 4.89. The van der Waals surface area contributed by atoms with Gasteiger partial charge in [0.25, 0.3) is 0 Å². The molecule has 0 saturated heterocycles. The lowest BCUT2D eigenvalue weighted by atomic mass is 9.99. The number of halogens is 1. The number of rotatable bonds is 3. The lowest BCUT2D eigenvalue weighted by Crippen LogP contribution is -1.91. The number of benzene rings is 1. The van der Waals surface area contributed by atoms with Gasteiger partial charge in [0.15, 0.2) is 0 Å². The first-order valence-corrected chi connectivity index (χ1v) is 8.65. The molecule has 0 radical (unpaired) electrons. The fourth-order valence-electron chi connectivity index (χ4n) is 3.54. The molecule has 3 heterocycles. The summed E-state index contributed by atoms with van der Waals surface area (Å²) in [4.78, 5) is 7.62. The predicted octanol–water partition coefficient (Wildman–Crippen LogP) is 5.22. The number of aryl methyl sites for hydroxylation is 1. The van der Waals surface area contributed by atoms with E-state index in [-0.39, 0.29) is 0 Å². The lowest BCUT2D eigenvalue weighted by Gasteiger charge is -2.10. The molecule has 1 aromatic carbocycles. The highest BCUT2D eigenvalue weighted by molar-refractivity contribution is 6.36. The minimum absolute atomic E-state index is 0.470. The third-order valence-corrected chi connectivity index (χ3v) is 5.18. The monoisotopic (exact) mass is 353 g/mol. The highest BCUT2D eigenvalue weighted by atomic mass is 35.5. The predicted molar refractivity (Wildman–Crippen MR) is 97.4 cm³/mol. The Balaban J connectivity index is 1.83. The summed E-state index contributed by atoms with van der Waals surface area (Å²) in [5, 5.41) is 6.59. The quantitative estimate of drug-likeness (QED) is 0.513. The maximum atomic E-state index is 6.32. The molecular weight excluding hydrogens is 338 g/mol. The Kier molecular flexibility index (Phi) is 3.09. The van der Waals surface area contributed by atoms with Gasteiger partial charge in [0.1, 0.15) is 16.7 Å². The van der Waals surface area contributed by atoms with Crippen molar-refractivity contribution in [3.8, 4) is 16.9 Å². The average Bonchev–Trinajstić information content (AvgIpc) is 3.28. The Hall–Kier alpha value is -2.53. The molecule has 0 amide bonds. The second-order valence-corrected chi connectivity index (χ2v) is 6.89. The van der Waals surface area contributed by atoms with E-state index in [4.69, 9.17) is 20.9 Å². The van der Waals surface area contributed by atoms with Gasteiger partial charge >= 0.3 is 0 Å². The van der Waals surface area contributed by atoms with Crippen molar-refractivity contribution in [1.29, 1.82) is 0 Å². The van der Waals surface area contributed by atoms with Gasteiger partial charge in [-0.2, -0.15) is 0 Å². The van der Waals surface area contributed by atoms with Crippen LogP contribution >= 0.6 is 11.6 Å². The zero-order chi connectivity index (χ0) is 17.1. The van der Waals surface area contributed by atoms with Crippen LogP contribution in [0.1, 0.15) is 30.2 Å². The number of nitrogens with one attached hydrogen (secondary N) is 1. The van der Waals surface area contributed by atoms with Crippen LogP contribution in [0.5, 0.6) is 5.75 Å². The SMILES string of the molecule is COc1cc2c(cc1-c1c(C)noc1C1CC1)[nH]c1ccnc(Cl)c12. The Morgan fingerprint density at radius 3 is 2.88 bits per heavy atom. The number of hydrogen-bond donors (Lipinski definition) is 1. The number of ether oxygens (including phenoxy) is 1. The van der Waals surface area contributed by atoms with Crippen molar-refractivity contribution in [2.24, 2.45) is 0 Å². The van der Waals surface area contributed by atoms with E-state index < -0.39 is 0 Å². The first-order valence-electron chi connectivity index (χ1n) is 8.28. The topological polar surface area (TPSA) is 63.9 Å². The summed E-state index contributed by atoms with van der Waals surface area (Å²) in [7, 11) is 1.68. The smallest absolute Gasteiger partial charge is 0.148 e. The maximum Gasteiger partial charge on any atom is 0.148 e. The van der Waals surface area contributed by atoms with E-state index >= 15 is 0 Å². The van der Waals surface area contributed by atoms with Crippen molar-refractivity contribution in [2.45, 2.75) is 25.7 Å². The van der Waals surface area contributed by atoms with Crippen molar-refractivity contribution in [3.63, 3.8) is 0 Å². The van der Waals surface area contributed by atoms with Crippen molar-refractivity contribution in [1.82, 2.24) is 15.1 Å². The second-order valence-electron chi connectivity index (χ2n) is 6.53. The molecule has 3 aromatic heterocycles. The lowest BCUT2D eigenvalue weighted by molar-refractivity contribution is 0.381. The van der Waals surface area contributed by atoms with E-state index in [0.29, 0.717) is 11.1 Å². The van der Waals surface area contributed by atoms with E-state index in [9.17, 15) is 0 Å². The number of nitrogens with zero attached hydrogens (tertiary/aromatic N) is 2. The van der Waals surface area contributed by atoms with Gasteiger partial charge in [-0.3, -0.25) is 0 Å². The van der Waals surface area contributed by atoms with E-state index in [1.165, 1.54) is 0 Å². The molecule has 1 fully saturated rings. The van der Waals surface area contributed by atoms with Gasteiger partial charge in [-0.25, -0.2) is 4.98 Å². The molecule has 4 aromatic rings. The molecule has 1 aliphatic rings. The average molecular weight is 354 g/mol. The van der Waals surface area contributed by atoms with Crippen LogP contribution in [0.2, 0.25) is 5.15 Å². The third kappa shape index (κ3) is 2.15. The van der Waals surface area contributed by atoms with Gasteiger partial charge in [-0.05, 0) is 38.0 Å². The van der Waals surface area contributed by atoms with Crippen LogP contribution in [-0.2, 0) is 0 Å². The molecule has 0 atom stereocenters. The fourth-order valence-corrected chi connectivity index (χ4v) is 3.80. The zero-order valence-corrected chi connectivity index (χ0v) is 14.6. The van der Waals surface area contributed by atoms with Crippen LogP contribution in [0.15, 0.2) is 28.9 Å². The molecule has 0 spiro atoms. The highest BCUT2D eigenvalue weighted by Crippen LogP contribution is 2.48. The standard InChI is InChI=1S/C19H16ClN3O2/c1-9-16(18(25-23-9)10-3-4-10)12-7-14-11(8-15(12)24-2)17-13(22-14)5-6-21-19(17)20/h5-8,10,22H,3-4H2,1-2H3. The molecule has 5 rings (SSSR count). The fraction of sp³-hybridized carbons (Fsp3) is 0.263. The molecule has 1 aliphatic carbocycles. The van der Waals surface area contributed by atoms with E-state index in [2.05, 4.69) is 21.2 Å². The Bertz CT molecular complexity index is 1120. The second kappa shape index (κ2) is 5.23. The normalized spacial score (nSPS) is 14.5. The van der Waals surface area contributed by atoms with E-state index in [1.54, 1.807) is 13.3 Å². The molecule has 0 aliphatic heterocycles. The van der Waals surface area contributed by atoms with Gasteiger partial charge in [-0.1, -0.05) is 16.8 Å². The van der Waals surface area contributed by atoms with Crippen LogP contribution in [0.3, 0.4) is 0 Å². The maximum absolute atomic E-state index is 6.32. The molecule has 0 unspecified atom stereocenters. The molecule has 126 valence electrons. The summed E-state index contributed by atoms with van der Waals surface area (Å²) in [6, 6.07) is 6.03. The largest absolute Gasteiger partial charge is 0.496 e. The molecule has 1 saturated carbocycles. The van der Waals surface area contributed by atoms with E-state index in [1.807, 2.05) is 19.1 Å². The van der Waals surface area contributed by atoms with Gasteiger partial charge < -0.3 is 14.2 Å². The van der Waals surface area contributed by atoms with Crippen LogP contribution in [0, 0.1) is 6.92 Å². The van der Waals surface area contributed by atoms with Crippen molar-refractivity contribution < 1.29 is 9.26 Å². The number of H-pyrrole nitrogens is 1. The van der Waals surface area contributed by atoms with Crippen LogP contribution in [-0.4, -0.2) is 22.2 Å². The zero-order valence-electron chi connectivity index (χ0n) is 13.9. The Morgan fingerprint density at radius 1 is 1.28 bits per heavy atom. The Labute approximate surface area is 148 Å². The molecule has 5 nitrogen and oxygen atoms in total. The first kappa shape index (κ1) is 14.8. The van der Waals surface area contributed by atoms with Crippen LogP contribution < -0.4 is 4.74 Å². The van der Waals surface area contributed by atoms with Crippen LogP contribution in [0.25, 0.3) is 32.9 Å². The summed E-state index contributed by atoms with van der Waals surface area (Å²) in [6.07, 6.45) is 4.01. The van der Waals surface area contributed by atoms with Gasteiger partial charge in [-0.15, -0.1) is 0 Å². The number of hydrogen-bond acceptors (Lipinski definition) is 4. The molecule has 6 heteroatoms. The number of methoxy groups -OCH3 is 1. The molecule has 0 bridgehead atoms. The number of aromatic nitrogens is 3. The number of fused-ring (bicyclic) bond motifs is 3. The summed E-state index contributed by atoms with van der Waals surface area (Å²) in [5.74, 6) is 2.21. The summed E-state index contributed by atoms with van der Waals surface area (Å²) in [6.45, 7) is 1.97. The first-order chi connectivity index (χ1) is 12.2. The van der Waals surface area contributed by atoms with Gasteiger partial charge in [0.2, 0.25) is 0 Å². The Morgan fingerprint density at radius 2 is 2.12 bits per heavy atom. The van der Waals surface area contributed by atoms with Gasteiger partial charge in [0.05, 0.1) is 23.9 Å². The minimum atomic E-state index is 0.470.